The van der Waals surface area contributed by atoms with E-state index < -0.39 is 0 Å². The van der Waals surface area contributed by atoms with E-state index in [1.54, 1.807) is 0 Å². The van der Waals surface area contributed by atoms with Gasteiger partial charge in [0.2, 0.25) is 0 Å². The second-order valence-corrected chi connectivity index (χ2v) is 5.46. The summed E-state index contributed by atoms with van der Waals surface area (Å²) in [6, 6.07) is 8.27. The van der Waals surface area contributed by atoms with Crippen LogP contribution in [0.5, 0.6) is 5.75 Å². The van der Waals surface area contributed by atoms with Crippen LogP contribution in [0.3, 0.4) is 0 Å². The van der Waals surface area contributed by atoms with Crippen molar-refractivity contribution in [3.05, 3.63) is 29.8 Å². The number of rotatable bonds is 11. The maximum atomic E-state index is 5.65. The number of ether oxygens (including phenoxy) is 2. The van der Waals surface area contributed by atoms with Crippen molar-refractivity contribution < 1.29 is 9.47 Å². The highest BCUT2D eigenvalue weighted by Crippen LogP contribution is 2.12. The summed E-state index contributed by atoms with van der Waals surface area (Å²) < 4.78 is 11.2. The molecule has 0 amide bonds. The summed E-state index contributed by atoms with van der Waals surface area (Å²) in [7, 11) is 0. The smallest absolute Gasteiger partial charge is 0.119 e. The molecule has 3 heteroatoms. The summed E-state index contributed by atoms with van der Waals surface area (Å²) in [5, 5.41) is 3.39. The van der Waals surface area contributed by atoms with Gasteiger partial charge in [-0.25, -0.2) is 0 Å². The first-order valence-electron chi connectivity index (χ1n) is 7.72. The fraction of sp³-hybridized carbons (Fsp3) is 0.647. The summed E-state index contributed by atoms with van der Waals surface area (Å²) in [4.78, 5) is 0. The maximum Gasteiger partial charge on any atom is 0.119 e. The van der Waals surface area contributed by atoms with Crippen molar-refractivity contribution in [1.82, 2.24) is 5.32 Å². The molecular weight excluding hydrogens is 250 g/mol. The number of nitrogens with one attached hydrogen (secondary N) is 1. The van der Waals surface area contributed by atoms with E-state index in [2.05, 4.69) is 38.2 Å². The van der Waals surface area contributed by atoms with Crippen LogP contribution in [-0.2, 0) is 11.3 Å². The van der Waals surface area contributed by atoms with Crippen molar-refractivity contribution in [1.29, 1.82) is 0 Å². The van der Waals surface area contributed by atoms with E-state index in [1.165, 1.54) is 5.56 Å². The maximum absolute atomic E-state index is 5.65. The molecule has 1 rings (SSSR count). The van der Waals surface area contributed by atoms with Gasteiger partial charge >= 0.3 is 0 Å². The first-order valence-corrected chi connectivity index (χ1v) is 7.72. The Kier molecular flexibility index (Phi) is 9.09. The van der Waals surface area contributed by atoms with Gasteiger partial charge in [0.1, 0.15) is 12.4 Å². The quantitative estimate of drug-likeness (QED) is 0.627. The van der Waals surface area contributed by atoms with Crippen LogP contribution in [0.25, 0.3) is 0 Å². The Morgan fingerprint density at radius 2 is 1.80 bits per heavy atom. The molecule has 1 aromatic carbocycles. The minimum absolute atomic E-state index is 0.617. The summed E-state index contributed by atoms with van der Waals surface area (Å²) in [6.45, 7) is 10.7. The molecule has 0 spiro atoms. The zero-order chi connectivity index (χ0) is 14.6. The molecule has 0 aliphatic heterocycles. The SMILES string of the molecule is CCCNCc1ccc(OCCOCCC(C)C)cc1. The van der Waals surface area contributed by atoms with Crippen molar-refractivity contribution >= 4 is 0 Å². The molecule has 20 heavy (non-hydrogen) atoms. The first kappa shape index (κ1) is 17.0. The standard InChI is InChI=1S/C17H29NO2/c1-4-10-18-14-16-5-7-17(8-6-16)20-13-12-19-11-9-15(2)3/h5-8,15,18H,4,9-14H2,1-3H3. The molecule has 0 saturated heterocycles. The van der Waals surface area contributed by atoms with Crippen molar-refractivity contribution in [2.75, 3.05) is 26.4 Å². The summed E-state index contributed by atoms with van der Waals surface area (Å²) in [5.74, 6) is 1.61. The highest BCUT2D eigenvalue weighted by atomic mass is 16.5. The second-order valence-electron chi connectivity index (χ2n) is 5.46. The largest absolute Gasteiger partial charge is 0.491 e. The number of benzene rings is 1. The Bertz CT molecular complexity index is 335. The average molecular weight is 279 g/mol. The van der Waals surface area contributed by atoms with E-state index >= 15 is 0 Å². The minimum atomic E-state index is 0.617. The Balaban J connectivity index is 2.11. The fourth-order valence-corrected chi connectivity index (χ4v) is 1.75. The third kappa shape index (κ3) is 8.18. The van der Waals surface area contributed by atoms with Gasteiger partial charge in [-0.1, -0.05) is 32.9 Å². The van der Waals surface area contributed by atoms with Crippen molar-refractivity contribution in [3.63, 3.8) is 0 Å². The third-order valence-electron chi connectivity index (χ3n) is 3.02. The molecule has 0 saturated carbocycles. The van der Waals surface area contributed by atoms with Gasteiger partial charge in [0.05, 0.1) is 6.61 Å². The van der Waals surface area contributed by atoms with Gasteiger partial charge in [-0.3, -0.25) is 0 Å². The second kappa shape index (κ2) is 10.7. The molecule has 0 radical (unpaired) electrons. The Labute approximate surface area is 123 Å². The molecule has 0 heterocycles. The molecule has 0 bridgehead atoms. The molecule has 1 aromatic rings. The van der Waals surface area contributed by atoms with Gasteiger partial charge in [-0.15, -0.1) is 0 Å². The molecular formula is C17H29NO2. The predicted molar refractivity (Wildman–Crippen MR) is 84.2 cm³/mol. The van der Waals surface area contributed by atoms with Crippen LogP contribution in [0.2, 0.25) is 0 Å². The van der Waals surface area contributed by atoms with E-state index in [9.17, 15) is 0 Å². The van der Waals surface area contributed by atoms with Crippen LogP contribution in [0.1, 0.15) is 39.2 Å². The van der Waals surface area contributed by atoms with Crippen LogP contribution in [0.4, 0.5) is 0 Å². The first-order chi connectivity index (χ1) is 9.72. The van der Waals surface area contributed by atoms with Crippen LogP contribution < -0.4 is 10.1 Å². The highest BCUT2D eigenvalue weighted by molar-refractivity contribution is 5.27. The van der Waals surface area contributed by atoms with E-state index in [0.717, 1.165) is 38.3 Å². The zero-order valence-corrected chi connectivity index (χ0v) is 13.2. The zero-order valence-electron chi connectivity index (χ0n) is 13.2. The van der Waals surface area contributed by atoms with Crippen LogP contribution in [0, 0.1) is 5.92 Å². The highest BCUT2D eigenvalue weighted by Gasteiger charge is 1.97. The van der Waals surface area contributed by atoms with Crippen molar-refractivity contribution in [2.45, 2.75) is 40.2 Å². The Morgan fingerprint density at radius 3 is 2.45 bits per heavy atom. The predicted octanol–water partition coefficient (Wildman–Crippen LogP) is 3.63. The van der Waals surface area contributed by atoms with Gasteiger partial charge in [0, 0.05) is 13.2 Å². The number of hydrogen-bond donors (Lipinski definition) is 1. The van der Waals surface area contributed by atoms with Crippen LogP contribution in [0.15, 0.2) is 24.3 Å². The molecule has 3 nitrogen and oxygen atoms in total. The van der Waals surface area contributed by atoms with E-state index in [1.807, 2.05) is 12.1 Å². The monoisotopic (exact) mass is 279 g/mol. The summed E-state index contributed by atoms with van der Waals surface area (Å²) in [6.07, 6.45) is 2.28. The van der Waals surface area contributed by atoms with Crippen molar-refractivity contribution in [2.24, 2.45) is 5.92 Å². The molecule has 0 unspecified atom stereocenters. The van der Waals surface area contributed by atoms with Crippen LogP contribution >= 0.6 is 0 Å². The molecule has 0 fully saturated rings. The van der Waals surface area contributed by atoms with E-state index in [-0.39, 0.29) is 0 Å². The summed E-state index contributed by atoms with van der Waals surface area (Å²) >= 11 is 0. The fourth-order valence-electron chi connectivity index (χ4n) is 1.75. The lowest BCUT2D eigenvalue weighted by Gasteiger charge is -2.09. The van der Waals surface area contributed by atoms with E-state index in [4.69, 9.17) is 9.47 Å². The van der Waals surface area contributed by atoms with Crippen molar-refractivity contribution in [3.8, 4) is 5.75 Å². The molecule has 0 aromatic heterocycles. The molecule has 0 aliphatic carbocycles. The van der Waals surface area contributed by atoms with Gasteiger partial charge < -0.3 is 14.8 Å². The Hall–Kier alpha value is -1.06. The third-order valence-corrected chi connectivity index (χ3v) is 3.02. The molecule has 0 atom stereocenters. The lowest BCUT2D eigenvalue weighted by Crippen LogP contribution is -2.13. The van der Waals surface area contributed by atoms with Crippen LogP contribution in [-0.4, -0.2) is 26.4 Å². The number of hydrogen-bond acceptors (Lipinski definition) is 3. The lowest BCUT2D eigenvalue weighted by atomic mass is 10.1. The van der Waals surface area contributed by atoms with Gasteiger partial charge in [0.25, 0.3) is 0 Å². The minimum Gasteiger partial charge on any atom is -0.491 e. The topological polar surface area (TPSA) is 30.5 Å². The lowest BCUT2D eigenvalue weighted by molar-refractivity contribution is 0.0926. The summed E-state index contributed by atoms with van der Waals surface area (Å²) in [5.41, 5.74) is 1.29. The molecule has 0 aliphatic rings. The normalized spacial score (nSPS) is 11.0. The van der Waals surface area contributed by atoms with Gasteiger partial charge in [-0.2, -0.15) is 0 Å². The van der Waals surface area contributed by atoms with Gasteiger partial charge in [-0.05, 0) is 43.0 Å². The average Bonchev–Trinajstić information content (AvgIpc) is 2.44. The molecule has 114 valence electrons. The Morgan fingerprint density at radius 1 is 1.05 bits per heavy atom. The van der Waals surface area contributed by atoms with E-state index in [0.29, 0.717) is 19.1 Å². The molecule has 1 N–H and O–H groups in total. The van der Waals surface area contributed by atoms with Gasteiger partial charge in [0.15, 0.2) is 0 Å².